The second kappa shape index (κ2) is 6.27. The van der Waals surface area contributed by atoms with Crippen LogP contribution < -0.4 is 4.90 Å². The Morgan fingerprint density at radius 2 is 1.85 bits per heavy atom. The van der Waals surface area contributed by atoms with Gasteiger partial charge in [-0.2, -0.15) is 0 Å². The summed E-state index contributed by atoms with van der Waals surface area (Å²) in [4.78, 5) is 29.7. The molecule has 26 heavy (non-hydrogen) atoms. The highest BCUT2D eigenvalue weighted by atomic mass is 16.2. The first-order valence-electron chi connectivity index (χ1n) is 9.23. The largest absolute Gasteiger partial charge is 0.341 e. The molecule has 1 spiro atoms. The topological polar surface area (TPSA) is 40.6 Å². The van der Waals surface area contributed by atoms with Crippen molar-refractivity contribution in [1.29, 1.82) is 0 Å². The highest BCUT2D eigenvalue weighted by Gasteiger charge is 2.52. The molecule has 2 aromatic rings. The molecule has 0 radical (unpaired) electrons. The number of amides is 2. The summed E-state index contributed by atoms with van der Waals surface area (Å²) in [7, 11) is 1.84. The van der Waals surface area contributed by atoms with E-state index in [1.807, 2.05) is 67.4 Å². The maximum absolute atomic E-state index is 13.1. The Bertz CT molecular complexity index is 876. The molecule has 1 unspecified atom stereocenters. The fraction of sp³-hybridized carbons (Fsp3) is 0.364. The normalized spacial score (nSPS) is 22.0. The molecule has 1 fully saturated rings. The predicted molar refractivity (Wildman–Crippen MR) is 102 cm³/mol. The number of benzene rings is 2. The third-order valence-electron chi connectivity index (χ3n) is 5.94. The van der Waals surface area contributed by atoms with Crippen LogP contribution in [0.1, 0.15) is 29.5 Å². The van der Waals surface area contributed by atoms with Crippen LogP contribution in [0.25, 0.3) is 0 Å². The number of piperidine rings is 1. The summed E-state index contributed by atoms with van der Waals surface area (Å²) in [5.74, 6) is 0.227. The summed E-state index contributed by atoms with van der Waals surface area (Å²) in [6.45, 7) is 3.25. The van der Waals surface area contributed by atoms with Gasteiger partial charge >= 0.3 is 0 Å². The van der Waals surface area contributed by atoms with Crippen LogP contribution in [0.3, 0.4) is 0 Å². The smallest absolute Gasteiger partial charge is 0.239 e. The number of anilines is 1. The molecule has 1 saturated heterocycles. The third-order valence-corrected chi connectivity index (χ3v) is 5.94. The first kappa shape index (κ1) is 16.8. The molecule has 2 aliphatic heterocycles. The summed E-state index contributed by atoms with van der Waals surface area (Å²) in [5.41, 5.74) is 3.67. The average Bonchev–Trinajstić information content (AvgIpc) is 2.86. The molecular weight excluding hydrogens is 324 g/mol. The molecule has 2 amide bonds. The predicted octanol–water partition coefficient (Wildman–Crippen LogP) is 3.07. The Morgan fingerprint density at radius 3 is 2.65 bits per heavy atom. The van der Waals surface area contributed by atoms with Crippen LogP contribution in [0, 0.1) is 6.92 Å². The molecule has 4 nitrogen and oxygen atoms in total. The van der Waals surface area contributed by atoms with Crippen molar-refractivity contribution in [3.63, 3.8) is 0 Å². The van der Waals surface area contributed by atoms with E-state index in [0.29, 0.717) is 13.0 Å². The maximum atomic E-state index is 13.1. The van der Waals surface area contributed by atoms with Crippen LogP contribution >= 0.6 is 0 Å². The van der Waals surface area contributed by atoms with Crippen molar-refractivity contribution in [2.24, 2.45) is 0 Å². The standard InChI is InChI=1S/C22H24N2O2/c1-16-8-3-4-9-17(16)14-20(25)24-13-7-12-22(15-24)18-10-5-6-11-19(18)23(2)21(22)26/h3-6,8-11H,7,12-15H2,1-2H3. The third kappa shape index (κ3) is 2.52. The van der Waals surface area contributed by atoms with Crippen LogP contribution in [0.15, 0.2) is 48.5 Å². The van der Waals surface area contributed by atoms with E-state index < -0.39 is 5.41 Å². The lowest BCUT2D eigenvalue weighted by atomic mass is 9.75. The molecule has 2 aromatic carbocycles. The number of hydrogen-bond donors (Lipinski definition) is 0. The Balaban J connectivity index is 1.61. The highest BCUT2D eigenvalue weighted by Crippen LogP contribution is 2.46. The second-order valence-corrected chi connectivity index (χ2v) is 7.49. The van der Waals surface area contributed by atoms with Crippen LogP contribution in [-0.4, -0.2) is 36.9 Å². The summed E-state index contributed by atoms with van der Waals surface area (Å²) in [5, 5.41) is 0. The van der Waals surface area contributed by atoms with Crippen LogP contribution in [-0.2, 0) is 21.4 Å². The zero-order chi connectivity index (χ0) is 18.3. The van der Waals surface area contributed by atoms with Gasteiger partial charge in [-0.1, -0.05) is 42.5 Å². The van der Waals surface area contributed by atoms with E-state index >= 15 is 0 Å². The summed E-state index contributed by atoms with van der Waals surface area (Å²) in [6.07, 6.45) is 2.06. The SMILES string of the molecule is Cc1ccccc1CC(=O)N1CCCC2(C1)C(=O)N(C)c1ccccc12. The number of fused-ring (bicyclic) bond motifs is 2. The van der Waals surface area contributed by atoms with Gasteiger partial charge in [-0.3, -0.25) is 9.59 Å². The van der Waals surface area contributed by atoms with E-state index in [1.54, 1.807) is 4.90 Å². The van der Waals surface area contributed by atoms with E-state index in [-0.39, 0.29) is 11.8 Å². The quantitative estimate of drug-likeness (QED) is 0.837. The van der Waals surface area contributed by atoms with E-state index in [4.69, 9.17) is 0 Å². The van der Waals surface area contributed by atoms with Gasteiger partial charge in [-0.25, -0.2) is 0 Å². The number of nitrogens with zero attached hydrogens (tertiary/aromatic N) is 2. The maximum Gasteiger partial charge on any atom is 0.239 e. The number of carbonyl (C=O) groups excluding carboxylic acids is 2. The lowest BCUT2D eigenvalue weighted by Gasteiger charge is -2.39. The number of likely N-dealkylation sites (N-methyl/N-ethyl adjacent to an activating group) is 1. The summed E-state index contributed by atoms with van der Waals surface area (Å²) >= 11 is 0. The lowest BCUT2D eigenvalue weighted by molar-refractivity contribution is -0.135. The van der Waals surface area contributed by atoms with Gasteiger partial charge in [-0.05, 0) is 42.5 Å². The van der Waals surface area contributed by atoms with Crippen molar-refractivity contribution in [3.8, 4) is 0 Å². The molecule has 0 aliphatic carbocycles. The molecule has 0 aromatic heterocycles. The Hall–Kier alpha value is -2.62. The van der Waals surface area contributed by atoms with Gasteiger partial charge in [0.05, 0.1) is 11.8 Å². The summed E-state index contributed by atoms with van der Waals surface area (Å²) < 4.78 is 0. The minimum atomic E-state index is -0.578. The van der Waals surface area contributed by atoms with Crippen molar-refractivity contribution in [2.45, 2.75) is 31.6 Å². The van der Waals surface area contributed by atoms with Gasteiger partial charge in [0.25, 0.3) is 0 Å². The minimum absolute atomic E-state index is 0.109. The molecule has 1 atom stereocenters. The zero-order valence-electron chi connectivity index (χ0n) is 15.4. The van der Waals surface area contributed by atoms with Crippen LogP contribution in [0.5, 0.6) is 0 Å². The zero-order valence-corrected chi connectivity index (χ0v) is 15.4. The van der Waals surface area contributed by atoms with Crippen molar-refractivity contribution in [2.75, 3.05) is 25.0 Å². The highest BCUT2D eigenvalue weighted by molar-refractivity contribution is 6.08. The van der Waals surface area contributed by atoms with Crippen molar-refractivity contribution >= 4 is 17.5 Å². The van der Waals surface area contributed by atoms with E-state index in [0.717, 1.165) is 41.8 Å². The first-order valence-corrected chi connectivity index (χ1v) is 9.23. The van der Waals surface area contributed by atoms with Crippen molar-refractivity contribution in [1.82, 2.24) is 4.90 Å². The first-order chi connectivity index (χ1) is 12.5. The fourth-order valence-electron chi connectivity index (χ4n) is 4.46. The Labute approximate surface area is 154 Å². The van der Waals surface area contributed by atoms with E-state index in [2.05, 4.69) is 0 Å². The molecule has 4 rings (SSSR count). The minimum Gasteiger partial charge on any atom is -0.341 e. The van der Waals surface area contributed by atoms with Gasteiger partial charge in [0.1, 0.15) is 0 Å². The van der Waals surface area contributed by atoms with Crippen LogP contribution in [0.2, 0.25) is 0 Å². The molecule has 0 bridgehead atoms. The fourth-order valence-corrected chi connectivity index (χ4v) is 4.46. The van der Waals surface area contributed by atoms with Gasteiger partial charge < -0.3 is 9.80 Å². The molecular formula is C22H24N2O2. The van der Waals surface area contributed by atoms with Crippen LogP contribution in [0.4, 0.5) is 5.69 Å². The lowest BCUT2D eigenvalue weighted by Crippen LogP contribution is -2.53. The average molecular weight is 348 g/mol. The Kier molecular flexibility index (Phi) is 4.06. The number of para-hydroxylation sites is 1. The molecule has 2 heterocycles. The molecule has 0 N–H and O–H groups in total. The second-order valence-electron chi connectivity index (χ2n) is 7.49. The number of hydrogen-bond acceptors (Lipinski definition) is 2. The molecule has 4 heteroatoms. The monoisotopic (exact) mass is 348 g/mol. The van der Waals surface area contributed by atoms with Crippen molar-refractivity contribution < 1.29 is 9.59 Å². The Morgan fingerprint density at radius 1 is 1.12 bits per heavy atom. The van der Waals surface area contributed by atoms with Crippen molar-refractivity contribution in [3.05, 3.63) is 65.2 Å². The number of rotatable bonds is 2. The van der Waals surface area contributed by atoms with Gasteiger partial charge in [0, 0.05) is 25.8 Å². The van der Waals surface area contributed by atoms with E-state index in [9.17, 15) is 9.59 Å². The summed E-state index contributed by atoms with van der Waals surface area (Å²) in [6, 6.07) is 16.0. The number of carbonyl (C=O) groups is 2. The van der Waals surface area contributed by atoms with Gasteiger partial charge in [0.15, 0.2) is 0 Å². The number of likely N-dealkylation sites (tertiary alicyclic amines) is 1. The van der Waals surface area contributed by atoms with E-state index in [1.165, 1.54) is 0 Å². The number of aryl methyl sites for hydroxylation is 1. The van der Waals surface area contributed by atoms with Gasteiger partial charge in [0.2, 0.25) is 11.8 Å². The molecule has 0 saturated carbocycles. The molecule has 134 valence electrons. The molecule has 2 aliphatic rings. The van der Waals surface area contributed by atoms with Gasteiger partial charge in [-0.15, -0.1) is 0 Å².